The van der Waals surface area contributed by atoms with E-state index in [1.54, 1.807) is 0 Å². The van der Waals surface area contributed by atoms with E-state index in [0.717, 1.165) is 57.1 Å². The molecule has 1 N–H and O–H groups in total. The lowest BCUT2D eigenvalue weighted by molar-refractivity contribution is 0.0691. The van der Waals surface area contributed by atoms with Gasteiger partial charge in [-0.1, -0.05) is 24.3 Å². The highest BCUT2D eigenvalue weighted by Gasteiger charge is 2.31. The Labute approximate surface area is 188 Å². The highest BCUT2D eigenvalue weighted by molar-refractivity contribution is 7.89. The Morgan fingerprint density at radius 3 is 2.42 bits per heavy atom. The molecule has 2 heterocycles. The number of carboxylic acid groups (broad SMARTS) is 1. The van der Waals surface area contributed by atoms with Crippen molar-refractivity contribution in [3.05, 3.63) is 65.0 Å². The molecular weight excluding hydrogens is 443 g/mol. The quantitative estimate of drug-likeness (QED) is 0.727. The van der Waals surface area contributed by atoms with E-state index in [1.807, 2.05) is 0 Å². The molecule has 0 amide bonds. The van der Waals surface area contributed by atoms with Crippen LogP contribution in [-0.4, -0.2) is 54.9 Å². The van der Waals surface area contributed by atoms with Crippen LogP contribution < -0.4 is 0 Å². The maximum atomic E-state index is 13.6. The van der Waals surface area contributed by atoms with E-state index >= 15 is 0 Å². The highest BCUT2D eigenvalue weighted by atomic mass is 35.5. The van der Waals surface area contributed by atoms with Crippen LogP contribution in [0.2, 0.25) is 0 Å². The first-order chi connectivity index (χ1) is 14.3. The number of sulfonamides is 1. The predicted molar refractivity (Wildman–Crippen MR) is 118 cm³/mol. The number of halogens is 2. The van der Waals surface area contributed by atoms with Crippen molar-refractivity contribution in [2.45, 2.75) is 30.7 Å². The van der Waals surface area contributed by atoms with Crippen LogP contribution in [0.5, 0.6) is 0 Å². The third-order valence-corrected chi connectivity index (χ3v) is 8.00. The van der Waals surface area contributed by atoms with E-state index in [2.05, 4.69) is 29.2 Å². The van der Waals surface area contributed by atoms with E-state index in [9.17, 15) is 17.6 Å². The summed E-state index contributed by atoms with van der Waals surface area (Å²) in [6.45, 7) is 3.67. The average Bonchev–Trinajstić information content (AvgIpc) is 2.74. The maximum absolute atomic E-state index is 13.6. The topological polar surface area (TPSA) is 77.9 Å². The van der Waals surface area contributed by atoms with Crippen LogP contribution in [0.1, 0.15) is 34.3 Å². The lowest BCUT2D eigenvalue weighted by Crippen LogP contribution is -2.42. The molecule has 0 atom stereocenters. The minimum atomic E-state index is -3.84. The van der Waals surface area contributed by atoms with Crippen molar-refractivity contribution in [2.24, 2.45) is 5.92 Å². The minimum absolute atomic E-state index is 0. The number of rotatable bonds is 5. The second-order valence-corrected chi connectivity index (χ2v) is 9.99. The van der Waals surface area contributed by atoms with Crippen LogP contribution in [-0.2, 0) is 23.0 Å². The van der Waals surface area contributed by atoms with Gasteiger partial charge in [0.1, 0.15) is 5.82 Å². The molecule has 4 rings (SSSR count). The number of aromatic carboxylic acids is 1. The van der Waals surface area contributed by atoms with Gasteiger partial charge >= 0.3 is 5.97 Å². The molecule has 0 unspecified atom stereocenters. The second-order valence-electron chi connectivity index (χ2n) is 8.05. The Morgan fingerprint density at radius 1 is 1.06 bits per heavy atom. The number of benzene rings is 2. The van der Waals surface area contributed by atoms with Gasteiger partial charge in [0.05, 0.1) is 10.5 Å². The van der Waals surface area contributed by atoms with Gasteiger partial charge in [-0.3, -0.25) is 4.90 Å². The first-order valence-corrected chi connectivity index (χ1v) is 11.6. The fourth-order valence-electron chi connectivity index (χ4n) is 4.39. The molecule has 0 saturated carbocycles. The van der Waals surface area contributed by atoms with Crippen molar-refractivity contribution in [3.63, 3.8) is 0 Å². The molecule has 2 aliphatic rings. The van der Waals surface area contributed by atoms with Crippen molar-refractivity contribution in [2.75, 3.05) is 26.2 Å². The predicted octanol–water partition coefficient (Wildman–Crippen LogP) is 3.40. The van der Waals surface area contributed by atoms with E-state index in [0.29, 0.717) is 19.0 Å². The number of nitrogens with zero attached hydrogens (tertiary/aromatic N) is 2. The van der Waals surface area contributed by atoms with E-state index in [1.165, 1.54) is 15.4 Å². The van der Waals surface area contributed by atoms with Gasteiger partial charge in [-0.2, -0.15) is 4.31 Å². The van der Waals surface area contributed by atoms with Gasteiger partial charge in [0.25, 0.3) is 0 Å². The number of hydrogen-bond donors (Lipinski definition) is 1. The molecule has 1 saturated heterocycles. The molecule has 2 aromatic rings. The number of hydrogen-bond acceptors (Lipinski definition) is 4. The third kappa shape index (κ3) is 5.09. The summed E-state index contributed by atoms with van der Waals surface area (Å²) in [6, 6.07) is 11.4. The van der Waals surface area contributed by atoms with E-state index < -0.39 is 27.4 Å². The van der Waals surface area contributed by atoms with Crippen molar-refractivity contribution < 1.29 is 22.7 Å². The summed E-state index contributed by atoms with van der Waals surface area (Å²) in [5, 5.41) is 9.06. The van der Waals surface area contributed by atoms with Gasteiger partial charge in [0, 0.05) is 32.7 Å². The summed E-state index contributed by atoms with van der Waals surface area (Å²) >= 11 is 0. The second kappa shape index (κ2) is 9.65. The Bertz CT molecular complexity index is 1060. The molecule has 6 nitrogen and oxygen atoms in total. The van der Waals surface area contributed by atoms with Gasteiger partial charge in [-0.25, -0.2) is 17.6 Å². The van der Waals surface area contributed by atoms with Crippen molar-refractivity contribution in [3.8, 4) is 0 Å². The Kier molecular flexibility index (Phi) is 7.36. The molecule has 1 fully saturated rings. The molecule has 9 heteroatoms. The van der Waals surface area contributed by atoms with Gasteiger partial charge < -0.3 is 5.11 Å². The van der Waals surface area contributed by atoms with Gasteiger partial charge in [0.2, 0.25) is 10.0 Å². The number of carboxylic acids is 1. The molecule has 168 valence electrons. The van der Waals surface area contributed by atoms with Crippen molar-refractivity contribution in [1.29, 1.82) is 0 Å². The zero-order valence-corrected chi connectivity index (χ0v) is 18.7. The first kappa shape index (κ1) is 23.7. The van der Waals surface area contributed by atoms with Crippen LogP contribution in [0.25, 0.3) is 0 Å². The van der Waals surface area contributed by atoms with Gasteiger partial charge in [-0.15, -0.1) is 12.4 Å². The molecule has 2 aromatic carbocycles. The number of fused-ring (bicyclic) bond motifs is 1. The lowest BCUT2D eigenvalue weighted by Gasteiger charge is -2.36. The van der Waals surface area contributed by atoms with Crippen molar-refractivity contribution in [1.82, 2.24) is 9.21 Å². The summed E-state index contributed by atoms with van der Waals surface area (Å²) in [5.41, 5.74) is 2.15. The molecule has 2 aliphatic heterocycles. The SMILES string of the molecule is Cl.O=C(O)c1cc(S(=O)(=O)N2CCC(CN3CCc4ccccc4C3)CC2)ccc1F. The van der Waals surface area contributed by atoms with Crippen molar-refractivity contribution >= 4 is 28.4 Å². The lowest BCUT2D eigenvalue weighted by atomic mass is 9.94. The smallest absolute Gasteiger partial charge is 0.338 e. The van der Waals surface area contributed by atoms with Gasteiger partial charge in [0.15, 0.2) is 0 Å². The summed E-state index contributed by atoms with van der Waals surface area (Å²) < 4.78 is 40.8. The molecule has 0 bridgehead atoms. The number of carbonyl (C=O) groups is 1. The standard InChI is InChI=1S/C22H25FN2O4S.ClH/c23-21-6-5-19(13-20(21)22(26)27)30(28,29)25-11-7-16(8-12-25)14-24-10-9-17-3-1-2-4-18(17)15-24;/h1-6,13,16H,7-12,14-15H2,(H,26,27);1H. The average molecular weight is 469 g/mol. The van der Waals surface area contributed by atoms with Crippen LogP contribution in [0.3, 0.4) is 0 Å². The largest absolute Gasteiger partial charge is 0.478 e. The number of piperidine rings is 1. The van der Waals surface area contributed by atoms with Crippen LogP contribution >= 0.6 is 12.4 Å². The Morgan fingerprint density at radius 2 is 1.74 bits per heavy atom. The monoisotopic (exact) mass is 468 g/mol. The zero-order valence-electron chi connectivity index (χ0n) is 17.0. The third-order valence-electron chi connectivity index (χ3n) is 6.11. The molecule has 31 heavy (non-hydrogen) atoms. The normalized spacial score (nSPS) is 18.2. The Balaban J connectivity index is 0.00000272. The fourth-order valence-corrected chi connectivity index (χ4v) is 5.88. The molecule has 0 aromatic heterocycles. The summed E-state index contributed by atoms with van der Waals surface area (Å²) in [4.78, 5) is 13.4. The minimum Gasteiger partial charge on any atom is -0.478 e. The van der Waals surface area contributed by atoms with Crippen LogP contribution in [0.4, 0.5) is 4.39 Å². The zero-order chi connectivity index (χ0) is 21.3. The van der Waals surface area contributed by atoms with E-state index in [4.69, 9.17) is 5.11 Å². The maximum Gasteiger partial charge on any atom is 0.338 e. The first-order valence-electron chi connectivity index (χ1n) is 10.2. The summed E-state index contributed by atoms with van der Waals surface area (Å²) in [7, 11) is -3.84. The molecular formula is C22H26ClFN2O4S. The Hall–Kier alpha value is -2.00. The molecule has 0 spiro atoms. The van der Waals surface area contributed by atoms with Crippen LogP contribution in [0.15, 0.2) is 47.4 Å². The summed E-state index contributed by atoms with van der Waals surface area (Å²) in [5.74, 6) is -2.00. The summed E-state index contributed by atoms with van der Waals surface area (Å²) in [6.07, 6.45) is 2.55. The van der Waals surface area contributed by atoms with Gasteiger partial charge in [-0.05, 0) is 54.5 Å². The molecule has 0 aliphatic carbocycles. The van der Waals surface area contributed by atoms with Crippen LogP contribution in [0, 0.1) is 11.7 Å². The van der Waals surface area contributed by atoms with E-state index in [-0.39, 0.29) is 17.3 Å². The fraction of sp³-hybridized carbons (Fsp3) is 0.409. The highest BCUT2D eigenvalue weighted by Crippen LogP contribution is 2.27. The molecule has 0 radical (unpaired) electrons.